The molecule has 0 bridgehead atoms. The van der Waals surface area contributed by atoms with Gasteiger partial charge in [-0.25, -0.2) is 0 Å². The van der Waals surface area contributed by atoms with Gasteiger partial charge in [0.25, 0.3) is 5.91 Å². The first-order valence-electron chi connectivity index (χ1n) is 6.77. The Labute approximate surface area is 117 Å². The predicted molar refractivity (Wildman–Crippen MR) is 77.9 cm³/mol. The number of hydrogen-bond donors (Lipinski definition) is 1. The van der Waals surface area contributed by atoms with E-state index in [1.807, 2.05) is 24.3 Å². The molecule has 0 aliphatic carbocycles. The van der Waals surface area contributed by atoms with Crippen LogP contribution < -0.4 is 10.2 Å². The predicted octanol–water partition coefficient (Wildman–Crippen LogP) is 2.33. The molecule has 102 valence electrons. The minimum atomic E-state index is -0.243. The number of carbonyl (C=O) groups excluding carboxylic acids is 1. The monoisotopic (exact) mass is 268 g/mol. The van der Waals surface area contributed by atoms with E-state index in [4.69, 9.17) is 0 Å². The maximum atomic E-state index is 11.9. The largest absolute Gasteiger partial charge is 0.372 e. The molecule has 0 unspecified atom stereocenters. The van der Waals surface area contributed by atoms with Gasteiger partial charge in [0.2, 0.25) is 0 Å². The summed E-state index contributed by atoms with van der Waals surface area (Å²) in [7, 11) is 0. The number of hydrogen-bond acceptors (Lipinski definition) is 4. The van der Waals surface area contributed by atoms with Crippen LogP contribution >= 0.6 is 0 Å². The Kier molecular flexibility index (Phi) is 3.58. The Balaban J connectivity index is 1.67. The SMILES string of the molecule is O=C(Nc1ccc(N2CCCC2)cc1)c1cccnn1. The van der Waals surface area contributed by atoms with E-state index < -0.39 is 0 Å². The molecule has 1 aromatic carbocycles. The summed E-state index contributed by atoms with van der Waals surface area (Å²) in [6, 6.07) is 11.2. The highest BCUT2D eigenvalue weighted by atomic mass is 16.1. The molecular formula is C15H16N4O. The maximum absolute atomic E-state index is 11.9. The molecule has 1 amide bonds. The van der Waals surface area contributed by atoms with Gasteiger partial charge in [-0.05, 0) is 49.2 Å². The third-order valence-corrected chi connectivity index (χ3v) is 3.40. The number of aromatic nitrogens is 2. The van der Waals surface area contributed by atoms with E-state index >= 15 is 0 Å². The number of rotatable bonds is 3. The Morgan fingerprint density at radius 2 is 1.85 bits per heavy atom. The van der Waals surface area contributed by atoms with Crippen LogP contribution in [0.4, 0.5) is 11.4 Å². The average molecular weight is 268 g/mol. The molecular weight excluding hydrogens is 252 g/mol. The van der Waals surface area contributed by atoms with Crippen molar-refractivity contribution in [2.45, 2.75) is 12.8 Å². The van der Waals surface area contributed by atoms with Crippen LogP contribution in [0.15, 0.2) is 42.6 Å². The molecule has 1 aliphatic rings. The summed E-state index contributed by atoms with van der Waals surface area (Å²) < 4.78 is 0. The molecule has 1 N–H and O–H groups in total. The molecule has 20 heavy (non-hydrogen) atoms. The third-order valence-electron chi connectivity index (χ3n) is 3.40. The maximum Gasteiger partial charge on any atom is 0.276 e. The number of nitrogens with one attached hydrogen (secondary N) is 1. The van der Waals surface area contributed by atoms with E-state index in [2.05, 4.69) is 20.4 Å². The Morgan fingerprint density at radius 1 is 1.10 bits per heavy atom. The normalized spacial score (nSPS) is 14.3. The summed E-state index contributed by atoms with van der Waals surface area (Å²) in [6.07, 6.45) is 4.05. The van der Waals surface area contributed by atoms with Crippen molar-refractivity contribution in [3.05, 3.63) is 48.3 Å². The van der Waals surface area contributed by atoms with Gasteiger partial charge in [0.15, 0.2) is 5.69 Å². The minimum absolute atomic E-state index is 0.243. The van der Waals surface area contributed by atoms with Crippen LogP contribution in [-0.4, -0.2) is 29.2 Å². The lowest BCUT2D eigenvalue weighted by molar-refractivity contribution is 0.102. The molecule has 0 atom stereocenters. The second-order valence-electron chi connectivity index (χ2n) is 4.80. The van der Waals surface area contributed by atoms with Crippen molar-refractivity contribution in [3.63, 3.8) is 0 Å². The van der Waals surface area contributed by atoms with Gasteiger partial charge in [0, 0.05) is 30.7 Å². The number of anilines is 2. The fourth-order valence-corrected chi connectivity index (χ4v) is 2.35. The lowest BCUT2D eigenvalue weighted by Gasteiger charge is -2.17. The third kappa shape index (κ3) is 2.77. The molecule has 0 radical (unpaired) electrons. The number of benzene rings is 1. The summed E-state index contributed by atoms with van der Waals surface area (Å²) in [5.74, 6) is -0.243. The number of nitrogens with zero attached hydrogens (tertiary/aromatic N) is 3. The molecule has 1 aromatic heterocycles. The van der Waals surface area contributed by atoms with Crippen LogP contribution in [0.1, 0.15) is 23.3 Å². The first-order valence-corrected chi connectivity index (χ1v) is 6.77. The molecule has 3 rings (SSSR count). The van der Waals surface area contributed by atoms with E-state index in [0.717, 1.165) is 18.8 Å². The molecule has 0 saturated carbocycles. The van der Waals surface area contributed by atoms with Gasteiger partial charge in [-0.2, -0.15) is 5.10 Å². The van der Waals surface area contributed by atoms with Gasteiger partial charge in [0.1, 0.15) is 0 Å². The highest BCUT2D eigenvalue weighted by Gasteiger charge is 2.12. The molecule has 5 nitrogen and oxygen atoms in total. The molecule has 0 spiro atoms. The van der Waals surface area contributed by atoms with Gasteiger partial charge in [-0.1, -0.05) is 0 Å². The van der Waals surface area contributed by atoms with E-state index in [-0.39, 0.29) is 5.91 Å². The van der Waals surface area contributed by atoms with Gasteiger partial charge in [-0.3, -0.25) is 4.79 Å². The number of carbonyl (C=O) groups is 1. The zero-order valence-corrected chi connectivity index (χ0v) is 11.1. The van der Waals surface area contributed by atoms with E-state index in [0.29, 0.717) is 5.69 Å². The molecule has 1 saturated heterocycles. The van der Waals surface area contributed by atoms with E-state index in [1.165, 1.54) is 18.5 Å². The summed E-state index contributed by atoms with van der Waals surface area (Å²) in [5.41, 5.74) is 2.29. The Bertz CT molecular complexity index is 577. The van der Waals surface area contributed by atoms with Crippen LogP contribution in [0.25, 0.3) is 0 Å². The van der Waals surface area contributed by atoms with Crippen LogP contribution in [0, 0.1) is 0 Å². The summed E-state index contributed by atoms with van der Waals surface area (Å²) in [5, 5.41) is 10.3. The second-order valence-corrected chi connectivity index (χ2v) is 4.80. The van der Waals surface area contributed by atoms with Crippen molar-refractivity contribution in [2.24, 2.45) is 0 Å². The van der Waals surface area contributed by atoms with Crippen molar-refractivity contribution >= 4 is 17.3 Å². The first kappa shape index (κ1) is 12.6. The standard InChI is InChI=1S/C15H16N4O/c20-15(14-4-3-9-16-18-14)17-12-5-7-13(8-6-12)19-10-1-2-11-19/h3-9H,1-2,10-11H2,(H,17,20). The van der Waals surface area contributed by atoms with Gasteiger partial charge < -0.3 is 10.2 Å². The van der Waals surface area contributed by atoms with E-state index in [1.54, 1.807) is 18.3 Å². The quantitative estimate of drug-likeness (QED) is 0.928. The summed E-state index contributed by atoms with van der Waals surface area (Å²) >= 11 is 0. The first-order chi connectivity index (χ1) is 9.83. The summed E-state index contributed by atoms with van der Waals surface area (Å²) in [4.78, 5) is 14.3. The zero-order valence-electron chi connectivity index (χ0n) is 11.1. The highest BCUT2D eigenvalue weighted by Crippen LogP contribution is 2.22. The fourth-order valence-electron chi connectivity index (χ4n) is 2.35. The number of amides is 1. The smallest absolute Gasteiger partial charge is 0.276 e. The topological polar surface area (TPSA) is 58.1 Å². The lowest BCUT2D eigenvalue weighted by Crippen LogP contribution is -2.17. The van der Waals surface area contributed by atoms with Crippen molar-refractivity contribution < 1.29 is 4.79 Å². The fraction of sp³-hybridized carbons (Fsp3) is 0.267. The molecule has 2 heterocycles. The highest BCUT2D eigenvalue weighted by molar-refractivity contribution is 6.02. The van der Waals surface area contributed by atoms with Gasteiger partial charge in [0.05, 0.1) is 0 Å². The van der Waals surface area contributed by atoms with Crippen LogP contribution in [0.3, 0.4) is 0 Å². The van der Waals surface area contributed by atoms with Crippen LogP contribution in [0.5, 0.6) is 0 Å². The molecule has 5 heteroatoms. The van der Waals surface area contributed by atoms with Gasteiger partial charge in [-0.15, -0.1) is 5.10 Å². The Hall–Kier alpha value is -2.43. The van der Waals surface area contributed by atoms with Crippen LogP contribution in [0.2, 0.25) is 0 Å². The average Bonchev–Trinajstić information content (AvgIpc) is 3.03. The van der Waals surface area contributed by atoms with Gasteiger partial charge >= 0.3 is 0 Å². The molecule has 2 aromatic rings. The summed E-state index contributed by atoms with van der Waals surface area (Å²) in [6.45, 7) is 2.23. The second kappa shape index (κ2) is 5.69. The van der Waals surface area contributed by atoms with E-state index in [9.17, 15) is 4.79 Å². The van der Waals surface area contributed by atoms with Crippen molar-refractivity contribution in [1.82, 2.24) is 10.2 Å². The van der Waals surface area contributed by atoms with Crippen molar-refractivity contribution in [1.29, 1.82) is 0 Å². The van der Waals surface area contributed by atoms with Crippen molar-refractivity contribution in [2.75, 3.05) is 23.3 Å². The van der Waals surface area contributed by atoms with Crippen LogP contribution in [-0.2, 0) is 0 Å². The molecule has 1 aliphatic heterocycles. The lowest BCUT2D eigenvalue weighted by atomic mass is 10.2. The minimum Gasteiger partial charge on any atom is -0.372 e. The molecule has 1 fully saturated rings. The zero-order chi connectivity index (χ0) is 13.8. The Morgan fingerprint density at radius 3 is 2.50 bits per heavy atom. The van der Waals surface area contributed by atoms with Crippen molar-refractivity contribution in [3.8, 4) is 0 Å².